The molecule has 17 heteroatoms. The van der Waals surface area contributed by atoms with Crippen LogP contribution >= 0.6 is 0 Å². The highest BCUT2D eigenvalue weighted by Crippen LogP contribution is 2.31. The van der Waals surface area contributed by atoms with Gasteiger partial charge in [-0.15, -0.1) is 0 Å². The predicted octanol–water partition coefficient (Wildman–Crippen LogP) is 3.81. The van der Waals surface area contributed by atoms with E-state index in [2.05, 4.69) is 4.72 Å². The molecule has 4 atom stereocenters. The van der Waals surface area contributed by atoms with Gasteiger partial charge in [0.05, 0.1) is 39.2 Å². The van der Waals surface area contributed by atoms with Crippen molar-refractivity contribution in [3.05, 3.63) is 146 Å². The number of nitrogens with one attached hydrogen (secondary N) is 1. The van der Waals surface area contributed by atoms with Crippen molar-refractivity contribution in [1.29, 1.82) is 0 Å². The minimum Gasteiger partial charge on any atom is -0.452 e. The molecule has 1 N–H and O–H groups in total. The fourth-order valence-electron chi connectivity index (χ4n) is 4.76. The van der Waals surface area contributed by atoms with Crippen LogP contribution in [0.25, 0.3) is 0 Å². The molecule has 0 aromatic heterocycles. The van der Waals surface area contributed by atoms with Crippen LogP contribution in [0.5, 0.6) is 0 Å². The summed E-state index contributed by atoms with van der Waals surface area (Å²) in [6.45, 7) is -0.611. The Morgan fingerprint density at radius 2 is 1.14 bits per heavy atom. The van der Waals surface area contributed by atoms with E-state index in [0.717, 1.165) is 6.07 Å². The Bertz CT molecular complexity index is 1980. The molecule has 0 radical (unpaired) electrons. The Balaban J connectivity index is 1.55. The Labute approximate surface area is 277 Å². The smallest absolute Gasteiger partial charge is 0.338 e. The summed E-state index contributed by atoms with van der Waals surface area (Å²) in [4.78, 5) is 59.7. The van der Waals surface area contributed by atoms with Crippen molar-refractivity contribution in [2.24, 2.45) is 0 Å². The average molecular weight is 692 g/mol. The first kappa shape index (κ1) is 34.3. The Morgan fingerprint density at radius 3 is 1.61 bits per heavy atom. The van der Waals surface area contributed by atoms with Crippen LogP contribution in [0.15, 0.2) is 114 Å². The summed E-state index contributed by atoms with van der Waals surface area (Å²) in [5.74, 6) is -2.85. The third-order valence-corrected chi connectivity index (χ3v) is 8.58. The van der Waals surface area contributed by atoms with E-state index < -0.39 is 85.2 Å². The van der Waals surface area contributed by atoms with Crippen LogP contribution < -0.4 is 4.72 Å². The van der Waals surface area contributed by atoms with Gasteiger partial charge < -0.3 is 18.9 Å². The van der Waals surface area contributed by atoms with E-state index in [-0.39, 0.29) is 16.7 Å². The predicted molar refractivity (Wildman–Crippen MR) is 167 cm³/mol. The third-order valence-electron chi connectivity index (χ3n) is 7.11. The Kier molecular flexibility index (Phi) is 10.4. The Morgan fingerprint density at radius 1 is 0.673 bits per heavy atom. The number of nitro groups is 2. The standard InChI is InChI=1S/C32H25N3O13S/c36-30(20-10-4-1-5-11-20)46-25-19-45-29(33-49(43,44)26-17-16-23(34(39)40)18-24(26)35(41)42)28(48-32(38)22-14-8-3-9-15-22)27(25)47-31(37)21-12-6-2-7-13-21/h1-18,25,27-29,33H,19H2/t25-,27-,28+,29-/m1/s1. The van der Waals surface area contributed by atoms with Crippen molar-refractivity contribution in [3.63, 3.8) is 0 Å². The molecule has 4 aromatic rings. The Hall–Kier alpha value is -6.04. The zero-order chi connectivity index (χ0) is 35.1. The van der Waals surface area contributed by atoms with Crippen molar-refractivity contribution >= 4 is 39.3 Å². The van der Waals surface area contributed by atoms with Gasteiger partial charge in [-0.05, 0) is 42.5 Å². The van der Waals surface area contributed by atoms with Crippen LogP contribution in [0, 0.1) is 20.2 Å². The van der Waals surface area contributed by atoms with Gasteiger partial charge in [0.15, 0.2) is 29.4 Å². The van der Waals surface area contributed by atoms with E-state index in [0.29, 0.717) is 12.1 Å². The highest BCUT2D eigenvalue weighted by atomic mass is 32.2. The van der Waals surface area contributed by atoms with E-state index in [1.54, 1.807) is 42.5 Å². The number of esters is 3. The lowest BCUT2D eigenvalue weighted by Gasteiger charge is -2.40. The second-order valence-electron chi connectivity index (χ2n) is 10.3. The quantitative estimate of drug-likeness (QED) is 0.102. The van der Waals surface area contributed by atoms with Crippen molar-refractivity contribution in [3.8, 4) is 0 Å². The first-order chi connectivity index (χ1) is 23.4. The van der Waals surface area contributed by atoms with Gasteiger partial charge in [-0.2, -0.15) is 4.72 Å². The lowest BCUT2D eigenvalue weighted by atomic mass is 10.0. The molecule has 1 aliphatic rings. The van der Waals surface area contributed by atoms with Crippen LogP contribution in [-0.2, 0) is 29.0 Å². The molecule has 0 unspecified atom stereocenters. The highest BCUT2D eigenvalue weighted by molar-refractivity contribution is 7.89. The van der Waals surface area contributed by atoms with Gasteiger partial charge in [0.1, 0.15) is 0 Å². The zero-order valence-electron chi connectivity index (χ0n) is 25.0. The second kappa shape index (κ2) is 14.8. The summed E-state index contributed by atoms with van der Waals surface area (Å²) >= 11 is 0. The van der Waals surface area contributed by atoms with Crippen molar-refractivity contribution in [2.75, 3.05) is 6.61 Å². The number of carbonyl (C=O) groups is 3. The second-order valence-corrected chi connectivity index (χ2v) is 12.0. The van der Waals surface area contributed by atoms with Crippen molar-refractivity contribution in [2.45, 2.75) is 29.4 Å². The van der Waals surface area contributed by atoms with Gasteiger partial charge in [0.2, 0.25) is 10.0 Å². The monoisotopic (exact) mass is 691 g/mol. The number of hydrogen-bond donors (Lipinski definition) is 1. The third kappa shape index (κ3) is 8.10. The summed E-state index contributed by atoms with van der Waals surface area (Å²) in [5, 5.41) is 23.0. The number of non-ortho nitro benzene ring substituents is 1. The first-order valence-corrected chi connectivity index (χ1v) is 15.8. The number of carbonyl (C=O) groups excluding carboxylic acids is 3. The average Bonchev–Trinajstić information content (AvgIpc) is 3.11. The number of benzene rings is 4. The number of hydrogen-bond acceptors (Lipinski definition) is 13. The van der Waals surface area contributed by atoms with E-state index >= 15 is 0 Å². The van der Waals surface area contributed by atoms with Gasteiger partial charge in [0, 0.05) is 6.07 Å². The fourth-order valence-corrected chi connectivity index (χ4v) is 6.05. The number of rotatable bonds is 11. The van der Waals surface area contributed by atoms with Crippen LogP contribution in [0.4, 0.5) is 11.4 Å². The summed E-state index contributed by atoms with van der Waals surface area (Å²) in [7, 11) is -4.98. The number of ether oxygens (including phenoxy) is 4. The molecule has 5 rings (SSSR count). The molecule has 4 aromatic carbocycles. The molecule has 0 amide bonds. The molecule has 1 heterocycles. The lowest BCUT2D eigenvalue weighted by molar-refractivity contribution is -0.396. The molecule has 0 spiro atoms. The van der Waals surface area contributed by atoms with Crippen LogP contribution in [0.1, 0.15) is 31.1 Å². The maximum Gasteiger partial charge on any atom is 0.338 e. The van der Waals surface area contributed by atoms with Gasteiger partial charge in [-0.3, -0.25) is 20.2 Å². The van der Waals surface area contributed by atoms with Gasteiger partial charge in [-0.1, -0.05) is 54.6 Å². The van der Waals surface area contributed by atoms with E-state index in [1.807, 2.05) is 0 Å². The molecule has 0 aliphatic carbocycles. The van der Waals surface area contributed by atoms with Gasteiger partial charge >= 0.3 is 17.9 Å². The maximum absolute atomic E-state index is 13.6. The van der Waals surface area contributed by atoms with Crippen LogP contribution in [0.2, 0.25) is 0 Å². The zero-order valence-corrected chi connectivity index (χ0v) is 25.8. The van der Waals surface area contributed by atoms with E-state index in [1.165, 1.54) is 48.5 Å². The largest absolute Gasteiger partial charge is 0.452 e. The molecule has 16 nitrogen and oxygen atoms in total. The molecule has 0 saturated carbocycles. The molecule has 1 aliphatic heterocycles. The number of nitro benzene ring substituents is 2. The molecular formula is C32H25N3O13S. The fraction of sp³-hybridized carbons (Fsp3) is 0.156. The topological polar surface area (TPSA) is 221 Å². The minimum atomic E-state index is -4.98. The molecule has 1 saturated heterocycles. The van der Waals surface area contributed by atoms with Crippen molar-refractivity contribution in [1.82, 2.24) is 4.72 Å². The summed E-state index contributed by atoms with van der Waals surface area (Å²) in [6, 6.07) is 24.6. The molecule has 252 valence electrons. The molecule has 0 bridgehead atoms. The normalized spacial score (nSPS) is 18.9. The van der Waals surface area contributed by atoms with Crippen LogP contribution in [0.3, 0.4) is 0 Å². The van der Waals surface area contributed by atoms with Gasteiger partial charge in [-0.25, -0.2) is 22.8 Å². The molecular weight excluding hydrogens is 666 g/mol. The van der Waals surface area contributed by atoms with Crippen LogP contribution in [-0.4, -0.2) is 67.3 Å². The number of sulfonamides is 1. The number of nitrogens with zero attached hydrogens (tertiary/aromatic N) is 2. The summed E-state index contributed by atoms with van der Waals surface area (Å²) in [6.07, 6.45) is -6.94. The maximum atomic E-state index is 13.6. The minimum absolute atomic E-state index is 0.00616. The summed E-state index contributed by atoms with van der Waals surface area (Å²) in [5.41, 5.74) is -1.70. The van der Waals surface area contributed by atoms with Gasteiger partial charge in [0.25, 0.3) is 11.4 Å². The molecule has 1 fully saturated rings. The highest BCUT2D eigenvalue weighted by Gasteiger charge is 2.49. The van der Waals surface area contributed by atoms with Crippen molar-refractivity contribution < 1.29 is 51.6 Å². The lowest BCUT2D eigenvalue weighted by Crippen LogP contribution is -2.62. The molecule has 49 heavy (non-hydrogen) atoms. The first-order valence-electron chi connectivity index (χ1n) is 14.3. The SMILES string of the molecule is O=C(O[C@H]1[C@H](OC(=O)c2ccccc2)[C@H](OC(=O)c2ccccc2)CO[C@H]1NS(=O)(=O)c1ccc([N+](=O)[O-])cc1[N+](=O)[O-])c1ccccc1. The van der Waals surface area contributed by atoms with E-state index in [4.69, 9.17) is 18.9 Å². The summed E-state index contributed by atoms with van der Waals surface area (Å²) < 4.78 is 52.0. The van der Waals surface area contributed by atoms with E-state index in [9.17, 15) is 43.0 Å².